The molecule has 2 aromatic rings. The van der Waals surface area contributed by atoms with Crippen LogP contribution in [0.1, 0.15) is 22.2 Å². The Labute approximate surface area is 128 Å². The van der Waals surface area contributed by atoms with Crippen LogP contribution in [-0.4, -0.2) is 19.5 Å². The number of aliphatic carboxylic acids is 1. The first-order valence-electron chi connectivity index (χ1n) is 6.52. The van der Waals surface area contributed by atoms with Crippen molar-refractivity contribution in [3.63, 3.8) is 0 Å². The van der Waals surface area contributed by atoms with Crippen molar-refractivity contribution in [1.82, 2.24) is 0 Å². The van der Waals surface area contributed by atoms with Crippen molar-refractivity contribution in [3.05, 3.63) is 51.7 Å². The van der Waals surface area contributed by atoms with Crippen molar-refractivity contribution in [3.8, 4) is 0 Å². The molecule has 1 aromatic heterocycles. The zero-order valence-corrected chi connectivity index (χ0v) is 13.2. The second kappa shape index (κ2) is 6.41. The monoisotopic (exact) mass is 324 g/mol. The Morgan fingerprint density at radius 1 is 1.10 bits per heavy atom. The van der Waals surface area contributed by atoms with E-state index in [-0.39, 0.29) is 17.1 Å². The van der Waals surface area contributed by atoms with Gasteiger partial charge in [0, 0.05) is 9.75 Å². The Morgan fingerprint density at radius 2 is 1.71 bits per heavy atom. The summed E-state index contributed by atoms with van der Waals surface area (Å²) in [5, 5.41) is 8.70. The molecule has 0 amide bonds. The van der Waals surface area contributed by atoms with E-state index < -0.39 is 15.8 Å². The van der Waals surface area contributed by atoms with Gasteiger partial charge in [0.1, 0.15) is 0 Å². The maximum Gasteiger partial charge on any atom is 0.307 e. The Morgan fingerprint density at radius 3 is 2.24 bits per heavy atom. The highest BCUT2D eigenvalue weighted by Crippen LogP contribution is 2.23. The fraction of sp³-hybridized carbons (Fsp3) is 0.267. The molecule has 1 N–H and O–H groups in total. The zero-order valence-electron chi connectivity index (χ0n) is 11.6. The van der Waals surface area contributed by atoms with Gasteiger partial charge in [-0.15, -0.1) is 11.3 Å². The molecule has 0 fully saturated rings. The smallest absolute Gasteiger partial charge is 0.307 e. The lowest BCUT2D eigenvalue weighted by atomic mass is 10.2. The summed E-state index contributed by atoms with van der Waals surface area (Å²) in [4.78, 5) is 12.8. The van der Waals surface area contributed by atoms with Crippen LogP contribution in [0, 0.1) is 0 Å². The molecule has 4 nitrogen and oxygen atoms in total. The van der Waals surface area contributed by atoms with E-state index >= 15 is 0 Å². The van der Waals surface area contributed by atoms with Gasteiger partial charge in [0.2, 0.25) is 0 Å². The highest BCUT2D eigenvalue weighted by molar-refractivity contribution is 7.90. The minimum absolute atomic E-state index is 0.0179. The van der Waals surface area contributed by atoms with Crippen molar-refractivity contribution >= 4 is 27.1 Å². The fourth-order valence-electron chi connectivity index (χ4n) is 1.95. The third-order valence-corrected chi connectivity index (χ3v) is 6.13. The summed E-state index contributed by atoms with van der Waals surface area (Å²) >= 11 is 1.51. The normalized spacial score (nSPS) is 11.5. The number of carbonyl (C=O) groups is 1. The van der Waals surface area contributed by atoms with E-state index in [0.29, 0.717) is 5.56 Å². The second-order valence-electron chi connectivity index (χ2n) is 4.70. The van der Waals surface area contributed by atoms with Gasteiger partial charge in [-0.2, -0.15) is 0 Å². The first-order chi connectivity index (χ1) is 9.90. The van der Waals surface area contributed by atoms with E-state index in [4.69, 9.17) is 5.11 Å². The standard InChI is InChI=1S/C15H16O4S2/c1-2-12-5-6-13(20-12)10-21(18,19)14-7-3-11(4-8-14)9-15(16)17/h3-8H,2,9-10H2,1H3,(H,16,17). The van der Waals surface area contributed by atoms with Crippen LogP contribution in [0.25, 0.3) is 0 Å². The van der Waals surface area contributed by atoms with Crippen molar-refractivity contribution in [2.75, 3.05) is 0 Å². The van der Waals surface area contributed by atoms with Crippen LogP contribution in [0.5, 0.6) is 0 Å². The largest absolute Gasteiger partial charge is 0.481 e. The molecule has 0 atom stereocenters. The molecule has 1 aromatic carbocycles. The van der Waals surface area contributed by atoms with E-state index in [1.54, 1.807) is 12.1 Å². The van der Waals surface area contributed by atoms with Crippen LogP contribution in [0.3, 0.4) is 0 Å². The molecule has 0 radical (unpaired) electrons. The van der Waals surface area contributed by atoms with E-state index in [0.717, 1.165) is 16.2 Å². The van der Waals surface area contributed by atoms with Gasteiger partial charge in [0.15, 0.2) is 9.84 Å². The van der Waals surface area contributed by atoms with Gasteiger partial charge >= 0.3 is 5.97 Å². The molecule has 6 heteroatoms. The summed E-state index contributed by atoms with van der Waals surface area (Å²) in [7, 11) is -3.39. The van der Waals surface area contributed by atoms with Crippen molar-refractivity contribution in [1.29, 1.82) is 0 Å². The maximum absolute atomic E-state index is 12.3. The Hall–Kier alpha value is -1.66. The van der Waals surface area contributed by atoms with Crippen molar-refractivity contribution in [2.45, 2.75) is 30.4 Å². The van der Waals surface area contributed by atoms with E-state index in [1.165, 1.54) is 23.5 Å². The minimum atomic E-state index is -3.39. The number of sulfone groups is 1. The SMILES string of the molecule is CCc1ccc(CS(=O)(=O)c2ccc(CC(=O)O)cc2)s1. The van der Waals surface area contributed by atoms with Crippen LogP contribution >= 0.6 is 11.3 Å². The molecule has 1 heterocycles. The Bertz CT molecular complexity index is 727. The molecule has 2 rings (SSSR count). The van der Waals surface area contributed by atoms with Gasteiger partial charge in [0.25, 0.3) is 0 Å². The molecule has 0 unspecified atom stereocenters. The van der Waals surface area contributed by atoms with Gasteiger partial charge in [-0.3, -0.25) is 4.79 Å². The number of aryl methyl sites for hydroxylation is 1. The summed E-state index contributed by atoms with van der Waals surface area (Å²) in [5.74, 6) is -0.952. The van der Waals surface area contributed by atoms with E-state index in [1.807, 2.05) is 19.1 Å². The third kappa shape index (κ3) is 4.15. The molecule has 0 bridgehead atoms. The van der Waals surface area contributed by atoms with Gasteiger partial charge in [-0.05, 0) is 36.2 Å². The second-order valence-corrected chi connectivity index (χ2v) is 7.94. The molecule has 0 aliphatic rings. The average molecular weight is 324 g/mol. The molecule has 0 saturated heterocycles. The van der Waals surface area contributed by atoms with Crippen LogP contribution in [0.2, 0.25) is 0 Å². The summed E-state index contributed by atoms with van der Waals surface area (Å²) in [6, 6.07) is 9.84. The number of benzene rings is 1. The minimum Gasteiger partial charge on any atom is -0.481 e. The summed E-state index contributed by atoms with van der Waals surface area (Å²) in [5.41, 5.74) is 0.589. The first kappa shape index (κ1) is 15.7. The van der Waals surface area contributed by atoms with Crippen molar-refractivity contribution < 1.29 is 18.3 Å². The Kier molecular flexibility index (Phi) is 4.80. The topological polar surface area (TPSA) is 71.4 Å². The number of carboxylic acids is 1. The van der Waals surface area contributed by atoms with Crippen LogP contribution in [0.15, 0.2) is 41.3 Å². The molecule has 0 aliphatic carbocycles. The summed E-state index contributed by atoms with van der Waals surface area (Å²) in [6.07, 6.45) is 0.791. The maximum atomic E-state index is 12.3. The van der Waals surface area contributed by atoms with Crippen LogP contribution < -0.4 is 0 Å². The first-order valence-corrected chi connectivity index (χ1v) is 8.98. The molecular formula is C15H16O4S2. The van der Waals surface area contributed by atoms with Gasteiger partial charge in [-0.1, -0.05) is 19.1 Å². The molecule has 0 spiro atoms. The molecule has 0 aliphatic heterocycles. The molecular weight excluding hydrogens is 308 g/mol. The predicted octanol–water partition coefficient (Wildman–Crippen LogP) is 2.91. The number of thiophene rings is 1. The van der Waals surface area contributed by atoms with E-state index in [2.05, 4.69) is 0 Å². The predicted molar refractivity (Wildman–Crippen MR) is 82.4 cm³/mol. The third-order valence-electron chi connectivity index (χ3n) is 3.04. The summed E-state index contributed by atoms with van der Waals surface area (Å²) < 4.78 is 24.6. The number of rotatable bonds is 6. The quantitative estimate of drug-likeness (QED) is 0.887. The lowest BCUT2D eigenvalue weighted by Crippen LogP contribution is -2.05. The lowest BCUT2D eigenvalue weighted by Gasteiger charge is -2.04. The summed E-state index contributed by atoms with van der Waals surface area (Å²) in [6.45, 7) is 2.03. The fourth-order valence-corrected chi connectivity index (χ4v) is 4.59. The molecule has 0 saturated carbocycles. The lowest BCUT2D eigenvalue weighted by molar-refractivity contribution is -0.136. The average Bonchev–Trinajstić information content (AvgIpc) is 2.85. The number of carboxylic acid groups (broad SMARTS) is 1. The van der Waals surface area contributed by atoms with E-state index in [9.17, 15) is 13.2 Å². The zero-order chi connectivity index (χ0) is 15.5. The van der Waals surface area contributed by atoms with Crippen LogP contribution in [0.4, 0.5) is 0 Å². The highest BCUT2D eigenvalue weighted by atomic mass is 32.2. The number of hydrogen-bond acceptors (Lipinski definition) is 4. The van der Waals surface area contributed by atoms with Gasteiger partial charge in [0.05, 0.1) is 17.1 Å². The molecule has 21 heavy (non-hydrogen) atoms. The van der Waals surface area contributed by atoms with Crippen molar-refractivity contribution in [2.24, 2.45) is 0 Å². The Balaban J connectivity index is 2.17. The number of hydrogen-bond donors (Lipinski definition) is 1. The highest BCUT2D eigenvalue weighted by Gasteiger charge is 2.16. The molecule has 112 valence electrons. The van der Waals surface area contributed by atoms with Gasteiger partial charge in [-0.25, -0.2) is 8.42 Å². The van der Waals surface area contributed by atoms with Gasteiger partial charge < -0.3 is 5.11 Å². The van der Waals surface area contributed by atoms with Crippen LogP contribution in [-0.2, 0) is 33.2 Å².